The molecule has 0 spiro atoms. The van der Waals surface area contributed by atoms with Gasteiger partial charge in [0.25, 0.3) is 11.8 Å². The molecule has 1 aromatic heterocycles. The van der Waals surface area contributed by atoms with Crippen LogP contribution in [0.25, 0.3) is 22.4 Å². The minimum Gasteiger partial charge on any atom is -0.481 e. The molecular weight excluding hydrogens is 695 g/mol. The summed E-state index contributed by atoms with van der Waals surface area (Å²) in [7, 11) is 4.79. The number of likely N-dealkylation sites (N-methyl/N-ethyl adjacent to an activating group) is 1. The predicted molar refractivity (Wildman–Crippen MR) is 213 cm³/mol. The van der Waals surface area contributed by atoms with Crippen LogP contribution >= 0.6 is 11.6 Å². The van der Waals surface area contributed by atoms with Gasteiger partial charge in [-0.1, -0.05) is 83.7 Å². The molecule has 288 valence electrons. The van der Waals surface area contributed by atoms with Gasteiger partial charge in [-0.25, -0.2) is 19.6 Å². The smallest absolute Gasteiger partial charge is 0.314 e. The summed E-state index contributed by atoms with van der Waals surface area (Å²) in [5.74, 6) is 0.281. The van der Waals surface area contributed by atoms with E-state index in [0.717, 1.165) is 42.9 Å². The number of aromatic nitrogens is 1. The van der Waals surface area contributed by atoms with Crippen LogP contribution in [0, 0.1) is 18.7 Å². The first-order valence-electron chi connectivity index (χ1n) is 18.6. The highest BCUT2D eigenvalue weighted by molar-refractivity contribution is 6.36. The second kappa shape index (κ2) is 20.7. The zero-order valence-corrected chi connectivity index (χ0v) is 33.4. The summed E-state index contributed by atoms with van der Waals surface area (Å²) < 4.78 is 20.9. The summed E-state index contributed by atoms with van der Waals surface area (Å²) in [6.07, 6.45) is 8.28. The highest BCUT2D eigenvalue weighted by Crippen LogP contribution is 2.44. The number of anilines is 1. The number of hydrogen-bond acceptors (Lipinski definition) is 6. The fourth-order valence-corrected chi connectivity index (χ4v) is 6.63. The minimum absolute atomic E-state index is 0.0354. The number of benzene rings is 2. The lowest BCUT2D eigenvalue weighted by Gasteiger charge is -2.23. The van der Waals surface area contributed by atoms with Crippen LogP contribution in [-0.2, 0) is 16.0 Å². The fourth-order valence-electron chi connectivity index (χ4n) is 6.28. The standard InChI is InChI=1S/C29H28ClFN4O3.C10H22N2O.C2H6/c1-15-8-9-17-14-23(34-28(38-4)24(15)17)19-10-11-21(31)25(26(19)30)18-6-5-7-22(16(18)2)33-27(36)20-12-13-32-35(3)29(20)37;1-4-9(2)7-5-6-8-12-10(13)11-3;1-2/h5-7,10-12,14-15,32H,8-9,13H2,1-4H3,(H,33,36);9H,4-8H2,1-3H3,(H2,11,12,13);1-2H3. The number of rotatable bonds is 11. The van der Waals surface area contributed by atoms with E-state index < -0.39 is 17.6 Å². The molecule has 0 fully saturated rings. The van der Waals surface area contributed by atoms with Gasteiger partial charge in [0.1, 0.15) is 11.4 Å². The molecule has 2 atom stereocenters. The first-order valence-corrected chi connectivity index (χ1v) is 18.9. The molecule has 3 aromatic rings. The Morgan fingerprint density at radius 1 is 1.17 bits per heavy atom. The molecule has 12 heteroatoms. The normalized spacial score (nSPS) is 15.2. The number of carbonyl (C=O) groups is 3. The van der Waals surface area contributed by atoms with Crippen molar-refractivity contribution in [1.82, 2.24) is 26.1 Å². The summed E-state index contributed by atoms with van der Waals surface area (Å²) in [6.45, 7) is 13.6. The van der Waals surface area contributed by atoms with Crippen LogP contribution in [0.15, 0.2) is 48.0 Å². The third kappa shape index (κ3) is 10.8. The van der Waals surface area contributed by atoms with Crippen LogP contribution in [0.2, 0.25) is 5.02 Å². The van der Waals surface area contributed by atoms with Gasteiger partial charge in [-0.3, -0.25) is 14.6 Å². The van der Waals surface area contributed by atoms with E-state index in [0.29, 0.717) is 46.4 Å². The Bertz CT molecular complexity index is 1780. The van der Waals surface area contributed by atoms with Gasteiger partial charge in [0.2, 0.25) is 5.88 Å². The summed E-state index contributed by atoms with van der Waals surface area (Å²) in [4.78, 5) is 40.7. The lowest BCUT2D eigenvalue weighted by molar-refractivity contribution is -0.131. The Morgan fingerprint density at radius 3 is 2.58 bits per heavy atom. The quantitative estimate of drug-likeness (QED) is 0.115. The highest BCUT2D eigenvalue weighted by atomic mass is 35.5. The monoisotopic (exact) mass is 750 g/mol. The van der Waals surface area contributed by atoms with E-state index in [9.17, 15) is 14.4 Å². The van der Waals surface area contributed by atoms with Crippen LogP contribution in [-0.4, -0.2) is 62.1 Å². The molecule has 1 aliphatic heterocycles. The molecule has 2 heterocycles. The van der Waals surface area contributed by atoms with Crippen LogP contribution in [0.5, 0.6) is 5.88 Å². The molecule has 4 N–H and O–H groups in total. The molecule has 53 heavy (non-hydrogen) atoms. The minimum atomic E-state index is -0.535. The van der Waals surface area contributed by atoms with Crippen LogP contribution in [0.4, 0.5) is 14.9 Å². The number of ether oxygens (including phenoxy) is 1. The van der Waals surface area contributed by atoms with E-state index in [4.69, 9.17) is 21.3 Å². The van der Waals surface area contributed by atoms with Crippen molar-refractivity contribution in [3.63, 3.8) is 0 Å². The maximum atomic E-state index is 15.3. The second-order valence-electron chi connectivity index (χ2n) is 13.1. The topological polar surface area (TPSA) is 125 Å². The van der Waals surface area contributed by atoms with Crippen molar-refractivity contribution < 1.29 is 23.5 Å². The van der Waals surface area contributed by atoms with Crippen molar-refractivity contribution in [2.45, 2.75) is 86.0 Å². The Balaban J connectivity index is 0.000000429. The van der Waals surface area contributed by atoms with Gasteiger partial charge in [-0.2, -0.15) is 0 Å². The van der Waals surface area contributed by atoms with Crippen LogP contribution < -0.4 is 26.1 Å². The Kier molecular flexibility index (Phi) is 16.7. The largest absolute Gasteiger partial charge is 0.481 e. The molecule has 0 saturated carbocycles. The van der Waals surface area contributed by atoms with Gasteiger partial charge < -0.3 is 20.7 Å². The highest BCUT2D eigenvalue weighted by Gasteiger charge is 2.28. The molecule has 5 rings (SSSR count). The van der Waals surface area contributed by atoms with Crippen molar-refractivity contribution >= 4 is 35.1 Å². The fraction of sp³-hybridized carbons (Fsp3) is 0.463. The number of hydrazine groups is 1. The van der Waals surface area contributed by atoms with Gasteiger partial charge in [-0.05, 0) is 79.0 Å². The average Bonchev–Trinajstić information content (AvgIpc) is 3.54. The van der Waals surface area contributed by atoms with E-state index in [2.05, 4.69) is 42.1 Å². The predicted octanol–water partition coefficient (Wildman–Crippen LogP) is 8.57. The lowest BCUT2D eigenvalue weighted by Crippen LogP contribution is -2.46. The number of pyridine rings is 1. The molecule has 0 bridgehead atoms. The molecule has 0 radical (unpaired) electrons. The number of methoxy groups -OCH3 is 1. The number of nitrogens with one attached hydrogen (secondary N) is 4. The molecule has 2 aromatic carbocycles. The first kappa shape index (κ1) is 42.9. The van der Waals surface area contributed by atoms with Gasteiger partial charge in [0, 0.05) is 49.6 Å². The van der Waals surface area contributed by atoms with E-state index in [1.807, 2.05) is 19.9 Å². The van der Waals surface area contributed by atoms with Crippen LogP contribution in [0.3, 0.4) is 0 Å². The number of hydrogen-bond donors (Lipinski definition) is 4. The molecule has 4 amide bonds. The van der Waals surface area contributed by atoms with E-state index in [-0.39, 0.29) is 22.2 Å². The molecule has 2 unspecified atom stereocenters. The molecule has 2 aliphatic rings. The zero-order valence-electron chi connectivity index (χ0n) is 32.6. The van der Waals surface area contributed by atoms with Gasteiger partial charge in [0.15, 0.2) is 0 Å². The Morgan fingerprint density at radius 2 is 1.91 bits per heavy atom. The molecule has 10 nitrogen and oxygen atoms in total. The maximum absolute atomic E-state index is 15.3. The number of fused-ring (bicyclic) bond motifs is 1. The van der Waals surface area contributed by atoms with Crippen molar-refractivity contribution in [2.75, 3.05) is 39.6 Å². The number of nitrogens with zero attached hydrogens (tertiary/aromatic N) is 2. The molecular formula is C41H56ClFN6O4. The third-order valence-electron chi connectivity index (χ3n) is 9.61. The summed E-state index contributed by atoms with van der Waals surface area (Å²) in [5, 5.41) is 9.58. The zero-order chi connectivity index (χ0) is 39.2. The summed E-state index contributed by atoms with van der Waals surface area (Å²) in [6, 6.07) is 10.1. The summed E-state index contributed by atoms with van der Waals surface area (Å²) in [5.41, 5.74) is 8.15. The SMILES string of the molecule is CC.CCC(C)CCCCNC(=O)NC.COc1nc(-c2ccc(F)c(-c3cccc(NC(=O)C4=CCNN(C)C4=O)c3C)c2Cl)cc2c1C(C)CC2. The number of halogens is 2. The number of carbonyl (C=O) groups excluding carboxylic acids is 3. The second-order valence-corrected chi connectivity index (χ2v) is 13.5. The summed E-state index contributed by atoms with van der Waals surface area (Å²) >= 11 is 6.87. The number of urea groups is 1. The maximum Gasteiger partial charge on any atom is 0.314 e. The van der Waals surface area contributed by atoms with Crippen molar-refractivity contribution in [3.05, 3.63) is 75.6 Å². The van der Waals surface area contributed by atoms with Crippen molar-refractivity contribution in [2.24, 2.45) is 5.92 Å². The van der Waals surface area contributed by atoms with Crippen molar-refractivity contribution in [1.29, 1.82) is 0 Å². The van der Waals surface area contributed by atoms with Crippen molar-refractivity contribution in [3.8, 4) is 28.3 Å². The first-order chi connectivity index (χ1) is 25.4. The number of amides is 4. The van der Waals surface area contributed by atoms with Gasteiger partial charge in [0.05, 0.1) is 17.8 Å². The molecule has 1 aliphatic carbocycles. The van der Waals surface area contributed by atoms with E-state index in [1.165, 1.54) is 36.4 Å². The van der Waals surface area contributed by atoms with Crippen LogP contribution in [0.1, 0.15) is 89.3 Å². The van der Waals surface area contributed by atoms with E-state index in [1.54, 1.807) is 52.4 Å². The third-order valence-corrected chi connectivity index (χ3v) is 10.0. The van der Waals surface area contributed by atoms with Gasteiger partial charge in [-0.15, -0.1) is 0 Å². The van der Waals surface area contributed by atoms with E-state index >= 15 is 4.39 Å². The number of unbranched alkanes of at least 4 members (excludes halogenated alkanes) is 1. The molecule has 0 saturated heterocycles. The Labute approximate surface area is 319 Å². The Hall–Kier alpha value is -4.48. The lowest BCUT2D eigenvalue weighted by atomic mass is 9.95. The average molecular weight is 751 g/mol. The van der Waals surface area contributed by atoms with Gasteiger partial charge >= 0.3 is 6.03 Å². The number of aryl methyl sites for hydroxylation is 1.